The van der Waals surface area contributed by atoms with Crippen molar-refractivity contribution in [2.45, 2.75) is 20.5 Å². The Bertz CT molecular complexity index is 918. The third kappa shape index (κ3) is 3.70. The van der Waals surface area contributed by atoms with Crippen LogP contribution in [0.3, 0.4) is 0 Å². The number of benzene rings is 2. The van der Waals surface area contributed by atoms with Crippen LogP contribution in [0.4, 0.5) is 0 Å². The van der Waals surface area contributed by atoms with Gasteiger partial charge in [0.2, 0.25) is 0 Å². The van der Waals surface area contributed by atoms with Gasteiger partial charge in [-0.05, 0) is 31.5 Å². The summed E-state index contributed by atoms with van der Waals surface area (Å²) in [6, 6.07) is 18.8. The van der Waals surface area contributed by atoms with Crippen molar-refractivity contribution < 1.29 is 14.4 Å². The molecule has 0 saturated heterocycles. The van der Waals surface area contributed by atoms with Gasteiger partial charge in [0, 0.05) is 0 Å². The number of amides is 1. The van der Waals surface area contributed by atoms with E-state index in [0.717, 1.165) is 11.3 Å². The van der Waals surface area contributed by atoms with E-state index in [2.05, 4.69) is 10.6 Å². The highest BCUT2D eigenvalue weighted by atomic mass is 16.7. The average molecular weight is 349 g/mol. The summed E-state index contributed by atoms with van der Waals surface area (Å²) < 4.78 is 1.65. The average Bonchev–Trinajstić information content (AvgIpc) is 2.97. The van der Waals surface area contributed by atoms with Gasteiger partial charge in [-0.15, -0.1) is 0 Å². The van der Waals surface area contributed by atoms with E-state index in [9.17, 15) is 9.59 Å². The lowest BCUT2D eigenvalue weighted by Gasteiger charge is -2.06. The fourth-order valence-corrected chi connectivity index (χ4v) is 2.71. The molecule has 1 heterocycles. The molecule has 6 nitrogen and oxygen atoms in total. The Morgan fingerprint density at radius 3 is 2.27 bits per heavy atom. The minimum atomic E-state index is -0.820. The highest BCUT2D eigenvalue weighted by Gasteiger charge is 2.25. The molecule has 0 fully saturated rings. The van der Waals surface area contributed by atoms with E-state index in [0.29, 0.717) is 11.4 Å². The zero-order valence-corrected chi connectivity index (χ0v) is 14.6. The number of ketones is 1. The molecule has 0 radical (unpaired) electrons. The largest absolute Gasteiger partial charge is 0.316 e. The molecule has 0 aliphatic rings. The number of aromatic nitrogens is 2. The number of nitrogens with one attached hydrogen (secondary N) is 1. The van der Waals surface area contributed by atoms with Crippen LogP contribution >= 0.6 is 0 Å². The number of hydrogen-bond donors (Lipinski definition) is 1. The fraction of sp³-hybridized carbons (Fsp3) is 0.150. The number of rotatable bonds is 6. The van der Waals surface area contributed by atoms with Crippen molar-refractivity contribution >= 4 is 11.7 Å². The lowest BCUT2D eigenvalue weighted by atomic mass is 10.1. The van der Waals surface area contributed by atoms with Crippen molar-refractivity contribution in [3.63, 3.8) is 0 Å². The summed E-state index contributed by atoms with van der Waals surface area (Å²) >= 11 is 0. The summed E-state index contributed by atoms with van der Waals surface area (Å²) in [6.45, 7) is 3.65. The number of aryl methyl sites for hydroxylation is 1. The highest BCUT2D eigenvalue weighted by Crippen LogP contribution is 2.18. The first-order chi connectivity index (χ1) is 12.6. The van der Waals surface area contributed by atoms with Crippen LogP contribution in [0.25, 0.3) is 5.69 Å². The van der Waals surface area contributed by atoms with Crippen LogP contribution in [-0.2, 0) is 16.2 Å². The molecule has 26 heavy (non-hydrogen) atoms. The Hall–Kier alpha value is -3.25. The van der Waals surface area contributed by atoms with Gasteiger partial charge in [0.25, 0.3) is 5.78 Å². The zero-order chi connectivity index (χ0) is 18.5. The second-order valence-electron chi connectivity index (χ2n) is 5.83. The molecule has 0 unspecified atom stereocenters. The predicted molar refractivity (Wildman–Crippen MR) is 96.7 cm³/mol. The number of nitrogens with zero attached hydrogens (tertiary/aromatic N) is 2. The lowest BCUT2D eigenvalue weighted by Crippen LogP contribution is -2.31. The van der Waals surface area contributed by atoms with Crippen LogP contribution in [0.2, 0.25) is 0 Å². The van der Waals surface area contributed by atoms with Crippen LogP contribution in [0.5, 0.6) is 0 Å². The van der Waals surface area contributed by atoms with Gasteiger partial charge in [0.15, 0.2) is 0 Å². The summed E-state index contributed by atoms with van der Waals surface area (Å²) in [5, 5.41) is 4.39. The molecule has 3 aromatic rings. The molecule has 132 valence electrons. The van der Waals surface area contributed by atoms with E-state index in [-0.39, 0.29) is 12.2 Å². The molecular weight excluding hydrogens is 330 g/mol. The van der Waals surface area contributed by atoms with Crippen LogP contribution in [-0.4, -0.2) is 21.5 Å². The first kappa shape index (κ1) is 17.6. The molecule has 0 saturated carbocycles. The van der Waals surface area contributed by atoms with E-state index in [1.165, 1.54) is 0 Å². The summed E-state index contributed by atoms with van der Waals surface area (Å²) in [7, 11) is 0. The molecule has 3 rings (SSSR count). The van der Waals surface area contributed by atoms with Crippen molar-refractivity contribution in [2.75, 3.05) is 0 Å². The number of hydrogen-bond acceptors (Lipinski definition) is 4. The lowest BCUT2D eigenvalue weighted by molar-refractivity contribution is -0.129. The monoisotopic (exact) mass is 349 g/mol. The predicted octanol–water partition coefficient (Wildman–Crippen LogP) is 2.92. The van der Waals surface area contributed by atoms with Gasteiger partial charge in [-0.25, -0.2) is 10.2 Å². The molecule has 1 amide bonds. The second-order valence-corrected chi connectivity index (χ2v) is 5.83. The maximum Gasteiger partial charge on any atom is 0.316 e. The Morgan fingerprint density at radius 1 is 1.00 bits per heavy atom. The summed E-state index contributed by atoms with van der Waals surface area (Å²) in [6.07, 6.45) is 0. The van der Waals surface area contributed by atoms with Gasteiger partial charge in [-0.2, -0.15) is 5.10 Å². The zero-order valence-electron chi connectivity index (χ0n) is 14.6. The van der Waals surface area contributed by atoms with Crippen LogP contribution in [0.1, 0.15) is 27.3 Å². The molecule has 0 aliphatic carbocycles. The SMILES string of the molecule is Cc1nn(-c2ccccc2)c(C)c1C(=O)C(=O)NOCc1ccccc1. The van der Waals surface area contributed by atoms with Crippen molar-refractivity contribution in [1.82, 2.24) is 15.3 Å². The van der Waals surface area contributed by atoms with Gasteiger partial charge >= 0.3 is 5.91 Å². The van der Waals surface area contributed by atoms with E-state index >= 15 is 0 Å². The number of carbonyl (C=O) groups excluding carboxylic acids is 2. The van der Waals surface area contributed by atoms with E-state index < -0.39 is 11.7 Å². The van der Waals surface area contributed by atoms with Gasteiger partial charge in [0.05, 0.1) is 29.2 Å². The highest BCUT2D eigenvalue weighted by molar-refractivity contribution is 6.43. The van der Waals surface area contributed by atoms with E-state index in [1.807, 2.05) is 60.7 Å². The topological polar surface area (TPSA) is 73.2 Å². The first-order valence-corrected chi connectivity index (χ1v) is 8.20. The third-order valence-electron chi connectivity index (χ3n) is 3.97. The van der Waals surface area contributed by atoms with Crippen molar-refractivity contribution in [1.29, 1.82) is 0 Å². The minimum Gasteiger partial charge on any atom is -0.283 e. The maximum absolute atomic E-state index is 12.5. The summed E-state index contributed by atoms with van der Waals surface area (Å²) in [5.74, 6) is -1.49. The molecular formula is C20H19N3O3. The molecule has 6 heteroatoms. The van der Waals surface area contributed by atoms with Crippen LogP contribution in [0, 0.1) is 13.8 Å². The molecule has 0 aliphatic heterocycles. The normalized spacial score (nSPS) is 10.5. The molecule has 0 spiro atoms. The van der Waals surface area contributed by atoms with Crippen LogP contribution in [0.15, 0.2) is 60.7 Å². The van der Waals surface area contributed by atoms with E-state index in [4.69, 9.17) is 4.84 Å². The van der Waals surface area contributed by atoms with Gasteiger partial charge < -0.3 is 0 Å². The quantitative estimate of drug-likeness (QED) is 0.422. The van der Waals surface area contributed by atoms with Crippen molar-refractivity contribution in [3.05, 3.63) is 83.2 Å². The van der Waals surface area contributed by atoms with Crippen molar-refractivity contribution in [2.24, 2.45) is 0 Å². The van der Waals surface area contributed by atoms with E-state index in [1.54, 1.807) is 18.5 Å². The molecule has 1 N–H and O–H groups in total. The third-order valence-corrected chi connectivity index (χ3v) is 3.97. The number of Topliss-reactive ketones (excluding diaryl/α,β-unsaturated/α-hetero) is 1. The first-order valence-electron chi connectivity index (χ1n) is 8.20. The Kier molecular flexibility index (Phi) is 5.24. The molecule has 0 bridgehead atoms. The Labute approximate surface area is 151 Å². The number of hydroxylamine groups is 1. The number of para-hydroxylation sites is 1. The van der Waals surface area contributed by atoms with Gasteiger partial charge in [-0.1, -0.05) is 48.5 Å². The van der Waals surface area contributed by atoms with Crippen molar-refractivity contribution in [3.8, 4) is 5.69 Å². The van der Waals surface area contributed by atoms with Gasteiger partial charge in [0.1, 0.15) is 0 Å². The summed E-state index contributed by atoms with van der Waals surface area (Å²) in [5.41, 5.74) is 5.32. The number of carbonyl (C=O) groups is 2. The van der Waals surface area contributed by atoms with Gasteiger partial charge in [-0.3, -0.25) is 14.4 Å². The molecule has 0 atom stereocenters. The Balaban J connectivity index is 1.71. The summed E-state index contributed by atoms with van der Waals surface area (Å²) in [4.78, 5) is 29.8. The molecule has 1 aromatic heterocycles. The molecule has 2 aromatic carbocycles. The maximum atomic E-state index is 12.5. The standard InChI is InChI=1S/C20H19N3O3/c1-14-18(15(2)23(21-14)17-11-7-4-8-12-17)19(24)20(25)22-26-13-16-9-5-3-6-10-16/h3-12H,13H2,1-2H3,(H,22,25). The Morgan fingerprint density at radius 2 is 1.62 bits per heavy atom. The minimum absolute atomic E-state index is 0.182. The van der Waals surface area contributed by atoms with Crippen LogP contribution < -0.4 is 5.48 Å². The second kappa shape index (κ2) is 7.76. The smallest absolute Gasteiger partial charge is 0.283 e. The fourth-order valence-electron chi connectivity index (χ4n) is 2.71.